The average molecular weight is 295 g/mol. The Morgan fingerprint density at radius 1 is 1.18 bits per heavy atom. The van der Waals surface area contributed by atoms with Gasteiger partial charge in [-0.2, -0.15) is 5.10 Å². The Balaban J connectivity index is 1.50. The number of ether oxygens (including phenoxy) is 2. The van der Waals surface area contributed by atoms with Crippen LogP contribution in [0.1, 0.15) is 16.1 Å². The first-order valence-corrected chi connectivity index (χ1v) is 6.91. The molecule has 0 fully saturated rings. The summed E-state index contributed by atoms with van der Waals surface area (Å²) in [6, 6.07) is 12.9. The van der Waals surface area contributed by atoms with E-state index in [9.17, 15) is 4.79 Å². The number of aromatic nitrogens is 2. The van der Waals surface area contributed by atoms with Crippen molar-refractivity contribution >= 4 is 16.8 Å². The first-order valence-electron chi connectivity index (χ1n) is 6.91. The van der Waals surface area contributed by atoms with Gasteiger partial charge in [-0.1, -0.05) is 18.2 Å². The van der Waals surface area contributed by atoms with Crippen molar-refractivity contribution in [2.45, 2.75) is 6.54 Å². The van der Waals surface area contributed by atoms with Gasteiger partial charge < -0.3 is 14.8 Å². The molecule has 0 aliphatic carbocycles. The van der Waals surface area contributed by atoms with Crippen LogP contribution in [0.2, 0.25) is 0 Å². The number of hydrogen-bond acceptors (Lipinski definition) is 4. The Hall–Kier alpha value is -3.02. The summed E-state index contributed by atoms with van der Waals surface area (Å²) in [6.07, 6.45) is 0. The zero-order valence-corrected chi connectivity index (χ0v) is 11.6. The van der Waals surface area contributed by atoms with Gasteiger partial charge in [-0.25, -0.2) is 0 Å². The van der Waals surface area contributed by atoms with Crippen molar-refractivity contribution in [3.8, 4) is 11.5 Å². The van der Waals surface area contributed by atoms with Crippen LogP contribution in [0.3, 0.4) is 0 Å². The lowest BCUT2D eigenvalue weighted by Gasteiger charge is -2.05. The molecule has 4 rings (SSSR count). The maximum Gasteiger partial charge on any atom is 0.251 e. The van der Waals surface area contributed by atoms with Crippen LogP contribution in [-0.2, 0) is 6.54 Å². The highest BCUT2D eigenvalue weighted by molar-refractivity contribution is 5.95. The number of H-pyrrole nitrogens is 1. The van der Waals surface area contributed by atoms with E-state index in [0.29, 0.717) is 23.6 Å². The third-order valence-electron chi connectivity index (χ3n) is 3.60. The molecule has 2 heterocycles. The van der Waals surface area contributed by atoms with Gasteiger partial charge in [-0.05, 0) is 24.3 Å². The summed E-state index contributed by atoms with van der Waals surface area (Å²) in [6.45, 7) is 0.578. The molecule has 22 heavy (non-hydrogen) atoms. The van der Waals surface area contributed by atoms with Crippen molar-refractivity contribution in [2.24, 2.45) is 0 Å². The van der Waals surface area contributed by atoms with Crippen LogP contribution in [0.5, 0.6) is 11.5 Å². The maximum atomic E-state index is 12.2. The van der Waals surface area contributed by atoms with E-state index in [1.165, 1.54) is 0 Å². The molecule has 0 spiro atoms. The Morgan fingerprint density at radius 3 is 3.00 bits per heavy atom. The van der Waals surface area contributed by atoms with E-state index >= 15 is 0 Å². The quantitative estimate of drug-likeness (QED) is 0.777. The first-order chi connectivity index (χ1) is 10.8. The highest BCUT2D eigenvalue weighted by atomic mass is 16.7. The van der Waals surface area contributed by atoms with Crippen molar-refractivity contribution < 1.29 is 14.3 Å². The van der Waals surface area contributed by atoms with Crippen LogP contribution in [0.25, 0.3) is 10.9 Å². The monoisotopic (exact) mass is 295 g/mol. The maximum absolute atomic E-state index is 12.2. The molecule has 1 amide bonds. The van der Waals surface area contributed by atoms with E-state index in [2.05, 4.69) is 15.5 Å². The molecule has 1 aromatic heterocycles. The average Bonchev–Trinajstić information content (AvgIpc) is 3.18. The fraction of sp³-hybridized carbons (Fsp3) is 0.125. The van der Waals surface area contributed by atoms with E-state index in [1.807, 2.05) is 24.3 Å². The molecule has 1 aliphatic heterocycles. The van der Waals surface area contributed by atoms with E-state index in [-0.39, 0.29) is 12.7 Å². The summed E-state index contributed by atoms with van der Waals surface area (Å²) in [5.41, 5.74) is 2.30. The van der Waals surface area contributed by atoms with Gasteiger partial charge in [0.25, 0.3) is 5.91 Å². The predicted molar refractivity (Wildman–Crippen MR) is 79.8 cm³/mol. The second kappa shape index (κ2) is 5.07. The minimum atomic E-state index is -0.169. The number of nitrogens with one attached hydrogen (secondary N) is 2. The standard InChI is InChI=1S/C16H13N3O3/c20-16(10-5-6-14-15(7-10)22-9-21-14)17-8-13-11-3-1-2-4-12(11)18-19-13/h1-7H,8-9H2,(H,17,20)(H,18,19). The van der Waals surface area contributed by atoms with Gasteiger partial charge in [0.1, 0.15) is 0 Å². The summed E-state index contributed by atoms with van der Waals surface area (Å²) in [7, 11) is 0. The smallest absolute Gasteiger partial charge is 0.251 e. The SMILES string of the molecule is O=C(NCc1[nH]nc2ccccc12)c1ccc2c(c1)OCO2. The van der Waals surface area contributed by atoms with Crippen molar-refractivity contribution in [1.29, 1.82) is 0 Å². The molecule has 0 bridgehead atoms. The third-order valence-corrected chi connectivity index (χ3v) is 3.60. The van der Waals surface area contributed by atoms with Gasteiger partial charge in [0.05, 0.1) is 17.8 Å². The first kappa shape index (κ1) is 12.7. The molecule has 0 saturated heterocycles. The van der Waals surface area contributed by atoms with Crippen molar-refractivity contribution in [2.75, 3.05) is 6.79 Å². The van der Waals surface area contributed by atoms with Crippen LogP contribution in [0.4, 0.5) is 0 Å². The molecule has 6 heteroatoms. The van der Waals surface area contributed by atoms with Crippen LogP contribution in [-0.4, -0.2) is 22.9 Å². The number of hydrogen-bond donors (Lipinski definition) is 2. The van der Waals surface area contributed by atoms with Crippen molar-refractivity contribution in [1.82, 2.24) is 15.5 Å². The molecule has 2 aromatic carbocycles. The van der Waals surface area contributed by atoms with Gasteiger partial charge in [-0.3, -0.25) is 9.89 Å². The van der Waals surface area contributed by atoms with Crippen molar-refractivity contribution in [3.05, 3.63) is 53.7 Å². The Labute approximate surface area is 126 Å². The molecule has 0 atom stereocenters. The predicted octanol–water partition coefficient (Wildman–Crippen LogP) is 2.22. The summed E-state index contributed by atoms with van der Waals surface area (Å²) in [5.74, 6) is 1.09. The van der Waals surface area contributed by atoms with E-state index in [1.54, 1.807) is 18.2 Å². The molecule has 1 aliphatic rings. The van der Waals surface area contributed by atoms with Gasteiger partial charge in [0.2, 0.25) is 6.79 Å². The van der Waals surface area contributed by atoms with Crippen molar-refractivity contribution in [3.63, 3.8) is 0 Å². The molecule has 0 radical (unpaired) electrons. The molecule has 2 N–H and O–H groups in total. The van der Waals surface area contributed by atoms with E-state index < -0.39 is 0 Å². The number of carbonyl (C=O) groups excluding carboxylic acids is 1. The van der Waals surface area contributed by atoms with Gasteiger partial charge in [0, 0.05) is 10.9 Å². The van der Waals surface area contributed by atoms with Gasteiger partial charge >= 0.3 is 0 Å². The fourth-order valence-electron chi connectivity index (χ4n) is 2.46. The summed E-state index contributed by atoms with van der Waals surface area (Å²) in [5, 5.41) is 11.0. The van der Waals surface area contributed by atoms with Gasteiger partial charge in [-0.15, -0.1) is 0 Å². The largest absolute Gasteiger partial charge is 0.454 e. The Morgan fingerprint density at radius 2 is 2.05 bits per heavy atom. The number of nitrogens with zero attached hydrogens (tertiary/aromatic N) is 1. The Kier molecular flexibility index (Phi) is 2.93. The van der Waals surface area contributed by atoms with E-state index in [4.69, 9.17) is 9.47 Å². The summed E-state index contributed by atoms with van der Waals surface area (Å²) in [4.78, 5) is 12.2. The number of para-hydroxylation sites is 1. The summed E-state index contributed by atoms with van der Waals surface area (Å²) >= 11 is 0. The lowest BCUT2D eigenvalue weighted by molar-refractivity contribution is 0.0950. The molecular weight excluding hydrogens is 282 g/mol. The molecule has 3 aromatic rings. The normalized spacial score (nSPS) is 12.5. The number of rotatable bonds is 3. The zero-order valence-electron chi connectivity index (χ0n) is 11.6. The third kappa shape index (κ3) is 2.14. The highest BCUT2D eigenvalue weighted by Crippen LogP contribution is 2.32. The lowest BCUT2D eigenvalue weighted by Crippen LogP contribution is -2.23. The van der Waals surface area contributed by atoms with E-state index in [0.717, 1.165) is 16.6 Å². The Bertz CT molecular complexity index is 857. The van der Waals surface area contributed by atoms with Gasteiger partial charge in [0.15, 0.2) is 11.5 Å². The molecule has 6 nitrogen and oxygen atoms in total. The lowest BCUT2D eigenvalue weighted by atomic mass is 10.1. The minimum Gasteiger partial charge on any atom is -0.454 e. The number of amides is 1. The van der Waals surface area contributed by atoms with Crippen LogP contribution in [0, 0.1) is 0 Å². The number of benzene rings is 2. The van der Waals surface area contributed by atoms with Crippen LogP contribution in [0.15, 0.2) is 42.5 Å². The number of carbonyl (C=O) groups is 1. The zero-order chi connectivity index (χ0) is 14.9. The fourth-order valence-corrected chi connectivity index (χ4v) is 2.46. The second-order valence-corrected chi connectivity index (χ2v) is 4.97. The molecule has 110 valence electrons. The topological polar surface area (TPSA) is 76.2 Å². The number of fused-ring (bicyclic) bond motifs is 2. The molecule has 0 saturated carbocycles. The minimum absolute atomic E-state index is 0.169. The number of aromatic amines is 1. The highest BCUT2D eigenvalue weighted by Gasteiger charge is 2.16. The molecular formula is C16H13N3O3. The van der Waals surface area contributed by atoms with Crippen LogP contribution >= 0.6 is 0 Å². The summed E-state index contributed by atoms with van der Waals surface area (Å²) < 4.78 is 10.5. The second-order valence-electron chi connectivity index (χ2n) is 4.97. The molecule has 0 unspecified atom stereocenters. The van der Waals surface area contributed by atoms with Crippen LogP contribution < -0.4 is 14.8 Å².